The van der Waals surface area contributed by atoms with Crippen LogP contribution in [0.4, 0.5) is 5.69 Å². The second-order valence-corrected chi connectivity index (χ2v) is 5.59. The summed E-state index contributed by atoms with van der Waals surface area (Å²) in [5.74, 6) is 0.147. The van der Waals surface area contributed by atoms with E-state index in [2.05, 4.69) is 15.9 Å². The van der Waals surface area contributed by atoms with Crippen LogP contribution in [0.5, 0.6) is 0 Å². The maximum Gasteiger partial charge on any atom is 0.234 e. The topological polar surface area (TPSA) is 46.3 Å². The van der Waals surface area contributed by atoms with E-state index in [1.54, 1.807) is 4.90 Å². The van der Waals surface area contributed by atoms with E-state index in [4.69, 9.17) is 5.73 Å². The van der Waals surface area contributed by atoms with Gasteiger partial charge in [0.1, 0.15) is 0 Å². The number of nitrogens with two attached hydrogens (primary N) is 1. The summed E-state index contributed by atoms with van der Waals surface area (Å²) in [6, 6.07) is 7.75. The van der Waals surface area contributed by atoms with Gasteiger partial charge in [-0.05, 0) is 37.1 Å². The van der Waals surface area contributed by atoms with Crippen molar-refractivity contribution in [3.63, 3.8) is 0 Å². The SMILES string of the molecule is CN(C(=O)C1(CN)CCC1)c1ccc(Br)cc1. The Bertz CT molecular complexity index is 406. The van der Waals surface area contributed by atoms with Crippen molar-refractivity contribution >= 4 is 27.5 Å². The Labute approximate surface area is 110 Å². The van der Waals surface area contributed by atoms with Crippen molar-refractivity contribution in [2.45, 2.75) is 19.3 Å². The number of carbonyl (C=O) groups is 1. The molecule has 0 unspecified atom stereocenters. The molecule has 1 saturated carbocycles. The highest BCUT2D eigenvalue weighted by Gasteiger charge is 2.44. The minimum Gasteiger partial charge on any atom is -0.329 e. The fourth-order valence-corrected chi connectivity index (χ4v) is 2.51. The summed E-state index contributed by atoms with van der Waals surface area (Å²) >= 11 is 3.39. The van der Waals surface area contributed by atoms with E-state index in [1.165, 1.54) is 0 Å². The molecule has 1 aliphatic rings. The van der Waals surface area contributed by atoms with E-state index < -0.39 is 0 Å². The number of halogens is 1. The number of anilines is 1. The molecule has 0 heterocycles. The second-order valence-electron chi connectivity index (χ2n) is 4.68. The number of hydrogen-bond acceptors (Lipinski definition) is 2. The van der Waals surface area contributed by atoms with E-state index in [-0.39, 0.29) is 11.3 Å². The first-order valence-corrected chi connectivity index (χ1v) is 6.62. The summed E-state index contributed by atoms with van der Waals surface area (Å²) in [7, 11) is 1.82. The molecule has 2 rings (SSSR count). The lowest BCUT2D eigenvalue weighted by Crippen LogP contribution is -2.51. The molecule has 92 valence electrons. The van der Waals surface area contributed by atoms with Gasteiger partial charge < -0.3 is 10.6 Å². The van der Waals surface area contributed by atoms with Crippen molar-refractivity contribution in [3.05, 3.63) is 28.7 Å². The van der Waals surface area contributed by atoms with Crippen LogP contribution in [-0.4, -0.2) is 19.5 Å². The van der Waals surface area contributed by atoms with Crippen LogP contribution in [0.2, 0.25) is 0 Å². The smallest absolute Gasteiger partial charge is 0.234 e. The summed E-state index contributed by atoms with van der Waals surface area (Å²) in [5, 5.41) is 0. The Morgan fingerprint density at radius 2 is 2.00 bits per heavy atom. The summed E-state index contributed by atoms with van der Waals surface area (Å²) in [5.41, 5.74) is 6.37. The highest BCUT2D eigenvalue weighted by atomic mass is 79.9. The fraction of sp³-hybridized carbons (Fsp3) is 0.462. The monoisotopic (exact) mass is 296 g/mol. The fourth-order valence-electron chi connectivity index (χ4n) is 2.25. The van der Waals surface area contributed by atoms with Gasteiger partial charge >= 0.3 is 0 Å². The average molecular weight is 297 g/mol. The number of nitrogens with zero attached hydrogens (tertiary/aromatic N) is 1. The van der Waals surface area contributed by atoms with Crippen LogP contribution in [0.15, 0.2) is 28.7 Å². The molecule has 0 aromatic heterocycles. The van der Waals surface area contributed by atoms with Gasteiger partial charge in [0, 0.05) is 23.8 Å². The summed E-state index contributed by atoms with van der Waals surface area (Å²) in [6.07, 6.45) is 2.95. The molecule has 4 heteroatoms. The molecule has 1 aliphatic carbocycles. The first kappa shape index (κ1) is 12.6. The van der Waals surface area contributed by atoms with Crippen LogP contribution < -0.4 is 10.6 Å². The minimum atomic E-state index is -0.304. The molecule has 17 heavy (non-hydrogen) atoms. The summed E-state index contributed by atoms with van der Waals surface area (Å²) in [4.78, 5) is 14.1. The average Bonchev–Trinajstić information content (AvgIpc) is 2.28. The van der Waals surface area contributed by atoms with Gasteiger partial charge in [-0.1, -0.05) is 22.4 Å². The van der Waals surface area contributed by atoms with Gasteiger partial charge in [0.2, 0.25) is 5.91 Å². The molecule has 0 atom stereocenters. The molecule has 1 aromatic rings. The number of carbonyl (C=O) groups excluding carboxylic acids is 1. The number of hydrogen-bond donors (Lipinski definition) is 1. The van der Waals surface area contributed by atoms with E-state index in [9.17, 15) is 4.79 Å². The third-order valence-corrected chi connectivity index (χ3v) is 4.20. The highest BCUT2D eigenvalue weighted by Crippen LogP contribution is 2.42. The molecular weight excluding hydrogens is 280 g/mol. The van der Waals surface area contributed by atoms with Crippen molar-refractivity contribution in [1.82, 2.24) is 0 Å². The summed E-state index contributed by atoms with van der Waals surface area (Å²) < 4.78 is 1.01. The number of rotatable bonds is 3. The minimum absolute atomic E-state index is 0.147. The molecule has 2 N–H and O–H groups in total. The highest BCUT2D eigenvalue weighted by molar-refractivity contribution is 9.10. The number of amides is 1. The van der Waals surface area contributed by atoms with Crippen LogP contribution in [-0.2, 0) is 4.79 Å². The van der Waals surface area contributed by atoms with Gasteiger partial charge in [0.15, 0.2) is 0 Å². The Kier molecular flexibility index (Phi) is 3.54. The third-order valence-electron chi connectivity index (χ3n) is 3.67. The predicted octanol–water partition coefficient (Wildman–Crippen LogP) is 2.54. The quantitative estimate of drug-likeness (QED) is 0.932. The zero-order valence-corrected chi connectivity index (χ0v) is 11.5. The van der Waals surface area contributed by atoms with Crippen molar-refractivity contribution in [2.24, 2.45) is 11.1 Å². The maximum atomic E-state index is 12.4. The first-order chi connectivity index (χ1) is 8.09. The summed E-state index contributed by atoms with van der Waals surface area (Å²) in [6.45, 7) is 0.451. The zero-order valence-electron chi connectivity index (χ0n) is 9.95. The van der Waals surface area contributed by atoms with Gasteiger partial charge in [-0.2, -0.15) is 0 Å². The second kappa shape index (κ2) is 4.78. The van der Waals surface area contributed by atoms with Crippen molar-refractivity contribution in [1.29, 1.82) is 0 Å². The molecule has 0 spiro atoms. The lowest BCUT2D eigenvalue weighted by Gasteiger charge is -2.41. The van der Waals surface area contributed by atoms with Crippen molar-refractivity contribution in [2.75, 3.05) is 18.5 Å². The van der Waals surface area contributed by atoms with Crippen LogP contribution in [0.25, 0.3) is 0 Å². The van der Waals surface area contributed by atoms with Gasteiger partial charge in [-0.25, -0.2) is 0 Å². The van der Waals surface area contributed by atoms with Crippen molar-refractivity contribution < 1.29 is 4.79 Å². The molecule has 3 nitrogen and oxygen atoms in total. The maximum absolute atomic E-state index is 12.4. The Morgan fingerprint density at radius 3 is 2.41 bits per heavy atom. The van der Waals surface area contributed by atoms with Crippen LogP contribution in [0, 0.1) is 5.41 Å². The lowest BCUT2D eigenvalue weighted by molar-refractivity contribution is -0.131. The van der Waals surface area contributed by atoms with Gasteiger partial charge in [0.05, 0.1) is 5.41 Å². The number of benzene rings is 1. The Hall–Kier alpha value is -0.870. The molecule has 0 aliphatic heterocycles. The zero-order chi connectivity index (χ0) is 12.5. The molecule has 0 bridgehead atoms. The molecule has 1 fully saturated rings. The molecule has 1 amide bonds. The predicted molar refractivity (Wildman–Crippen MR) is 72.9 cm³/mol. The Balaban J connectivity index is 2.17. The molecule has 0 saturated heterocycles. The van der Waals surface area contributed by atoms with Crippen molar-refractivity contribution in [3.8, 4) is 0 Å². The van der Waals surface area contributed by atoms with E-state index in [0.717, 1.165) is 29.4 Å². The van der Waals surface area contributed by atoms with Gasteiger partial charge in [0.25, 0.3) is 0 Å². The van der Waals surface area contributed by atoms with Crippen LogP contribution >= 0.6 is 15.9 Å². The lowest BCUT2D eigenvalue weighted by atomic mass is 9.68. The van der Waals surface area contributed by atoms with Gasteiger partial charge in [-0.15, -0.1) is 0 Å². The first-order valence-electron chi connectivity index (χ1n) is 5.83. The van der Waals surface area contributed by atoms with E-state index in [0.29, 0.717) is 6.54 Å². The largest absolute Gasteiger partial charge is 0.329 e. The van der Waals surface area contributed by atoms with Gasteiger partial charge in [-0.3, -0.25) is 4.79 Å². The third kappa shape index (κ3) is 2.24. The molecule has 0 radical (unpaired) electrons. The van der Waals surface area contributed by atoms with E-state index >= 15 is 0 Å². The van der Waals surface area contributed by atoms with Crippen LogP contribution in [0.3, 0.4) is 0 Å². The normalized spacial score (nSPS) is 17.4. The molecular formula is C13H17BrN2O. The van der Waals surface area contributed by atoms with Crippen LogP contribution in [0.1, 0.15) is 19.3 Å². The van der Waals surface area contributed by atoms with E-state index in [1.807, 2.05) is 31.3 Å². The molecule has 1 aromatic carbocycles. The Morgan fingerprint density at radius 1 is 1.41 bits per heavy atom. The standard InChI is InChI=1S/C13H17BrN2O/c1-16(11-5-3-10(14)4-6-11)12(17)13(9-15)7-2-8-13/h3-6H,2,7-9,15H2,1H3.